The minimum Gasteiger partial charge on any atom is -0.359 e. The highest BCUT2D eigenvalue weighted by atomic mass is 32.1. The number of carbonyl (C=O) groups is 1. The summed E-state index contributed by atoms with van der Waals surface area (Å²) in [5.41, 5.74) is 2.77. The number of amides is 1. The van der Waals surface area contributed by atoms with Crippen molar-refractivity contribution < 1.29 is 4.79 Å². The molecule has 0 unspecified atom stereocenters. The fraction of sp³-hybridized carbons (Fsp3) is 0.478. The third-order valence-electron chi connectivity index (χ3n) is 4.92. The molecular weight excluding hydrogens is 366 g/mol. The zero-order valence-electron chi connectivity index (χ0n) is 17.6. The highest BCUT2D eigenvalue weighted by Gasteiger charge is 2.23. The fourth-order valence-electron chi connectivity index (χ4n) is 3.36. The maximum absolute atomic E-state index is 12.6. The summed E-state index contributed by atoms with van der Waals surface area (Å²) in [6.07, 6.45) is 1.60. The van der Waals surface area contributed by atoms with E-state index < -0.39 is 0 Å². The lowest BCUT2D eigenvalue weighted by Gasteiger charge is -2.26. The van der Waals surface area contributed by atoms with Gasteiger partial charge in [0.05, 0.1) is 10.6 Å². The zero-order chi connectivity index (χ0) is 20.7. The quantitative estimate of drug-likeness (QED) is 0.567. The molecule has 5 heteroatoms. The highest BCUT2D eigenvalue weighted by Crippen LogP contribution is 2.40. The molecule has 1 aromatic heterocycles. The van der Waals surface area contributed by atoms with Crippen LogP contribution >= 0.6 is 11.3 Å². The van der Waals surface area contributed by atoms with Gasteiger partial charge in [-0.3, -0.25) is 4.79 Å². The normalized spacial score (nSPS) is 10.9. The minimum absolute atomic E-state index is 0.00719. The molecular formula is C23H31N3OS. The van der Waals surface area contributed by atoms with Gasteiger partial charge in [-0.1, -0.05) is 69.4 Å². The molecule has 0 aliphatic heterocycles. The summed E-state index contributed by atoms with van der Waals surface area (Å²) in [6.45, 7) is 12.1. The molecule has 28 heavy (non-hydrogen) atoms. The van der Waals surface area contributed by atoms with E-state index in [4.69, 9.17) is 0 Å². The zero-order valence-corrected chi connectivity index (χ0v) is 18.4. The summed E-state index contributed by atoms with van der Waals surface area (Å²) in [4.78, 5) is 14.9. The molecule has 150 valence electrons. The molecule has 0 aliphatic carbocycles. The van der Waals surface area contributed by atoms with Crippen molar-refractivity contribution in [2.45, 2.75) is 54.0 Å². The van der Waals surface area contributed by atoms with Crippen molar-refractivity contribution in [2.24, 2.45) is 11.8 Å². The van der Waals surface area contributed by atoms with Crippen LogP contribution in [0.1, 0.15) is 57.2 Å². The SMILES string of the molecule is CCC(CC)C(=O)Nc1sc(N(Cc2ccccc2)CC(C)C)c(C)c1C#N. The van der Waals surface area contributed by atoms with Crippen molar-refractivity contribution in [1.29, 1.82) is 5.26 Å². The Kier molecular flexibility index (Phi) is 8.07. The number of carbonyl (C=O) groups excluding carboxylic acids is 1. The van der Waals surface area contributed by atoms with Crippen molar-refractivity contribution in [1.82, 2.24) is 0 Å². The molecule has 0 saturated carbocycles. The van der Waals surface area contributed by atoms with E-state index >= 15 is 0 Å². The maximum atomic E-state index is 12.6. The number of anilines is 2. The van der Waals surface area contributed by atoms with Gasteiger partial charge in [-0.05, 0) is 31.2 Å². The average molecular weight is 398 g/mol. The van der Waals surface area contributed by atoms with Gasteiger partial charge in [0.15, 0.2) is 0 Å². The van der Waals surface area contributed by atoms with E-state index in [0.717, 1.165) is 36.5 Å². The second-order valence-electron chi connectivity index (χ2n) is 7.61. The second kappa shape index (κ2) is 10.3. The number of benzene rings is 1. The van der Waals surface area contributed by atoms with E-state index in [1.165, 1.54) is 16.9 Å². The molecule has 0 fully saturated rings. The number of nitriles is 1. The molecule has 1 heterocycles. The van der Waals surface area contributed by atoms with Gasteiger partial charge in [0.1, 0.15) is 11.1 Å². The largest absolute Gasteiger partial charge is 0.359 e. The summed E-state index contributed by atoms with van der Waals surface area (Å²) < 4.78 is 0. The number of nitrogens with one attached hydrogen (secondary N) is 1. The predicted molar refractivity (Wildman–Crippen MR) is 119 cm³/mol. The van der Waals surface area contributed by atoms with Crippen molar-refractivity contribution in [3.05, 3.63) is 47.0 Å². The first-order valence-electron chi connectivity index (χ1n) is 10.0. The number of thiophene rings is 1. The molecule has 0 radical (unpaired) electrons. The predicted octanol–water partition coefficient (Wildman–Crippen LogP) is 5.97. The van der Waals surface area contributed by atoms with Gasteiger partial charge < -0.3 is 10.2 Å². The monoisotopic (exact) mass is 397 g/mol. The number of rotatable bonds is 9. The third kappa shape index (κ3) is 5.36. The van der Waals surface area contributed by atoms with E-state index in [9.17, 15) is 10.1 Å². The Hall–Kier alpha value is -2.32. The molecule has 1 aromatic carbocycles. The van der Waals surface area contributed by atoms with Crippen LogP contribution in [-0.4, -0.2) is 12.5 Å². The van der Waals surface area contributed by atoms with Crippen LogP contribution in [0.4, 0.5) is 10.0 Å². The van der Waals surface area contributed by atoms with Gasteiger partial charge in [-0.2, -0.15) is 5.26 Å². The first-order chi connectivity index (χ1) is 13.4. The van der Waals surface area contributed by atoms with Gasteiger partial charge in [0.2, 0.25) is 5.91 Å². The van der Waals surface area contributed by atoms with Gasteiger partial charge in [-0.25, -0.2) is 0 Å². The topological polar surface area (TPSA) is 56.1 Å². The third-order valence-corrected chi connectivity index (χ3v) is 6.18. The Balaban J connectivity index is 2.37. The summed E-state index contributed by atoms with van der Waals surface area (Å²) >= 11 is 1.52. The Bertz CT molecular complexity index is 816. The van der Waals surface area contributed by atoms with E-state index in [0.29, 0.717) is 16.5 Å². The van der Waals surface area contributed by atoms with Crippen molar-refractivity contribution in [3.8, 4) is 6.07 Å². The lowest BCUT2D eigenvalue weighted by molar-refractivity contribution is -0.120. The van der Waals surface area contributed by atoms with E-state index in [1.807, 2.05) is 39.0 Å². The minimum atomic E-state index is -0.0199. The molecule has 0 bridgehead atoms. The molecule has 1 amide bonds. The van der Waals surface area contributed by atoms with Gasteiger partial charge >= 0.3 is 0 Å². The van der Waals surface area contributed by atoms with Crippen LogP contribution in [0, 0.1) is 30.1 Å². The van der Waals surface area contributed by atoms with E-state index in [1.54, 1.807) is 0 Å². The van der Waals surface area contributed by atoms with Crippen LogP contribution in [0.15, 0.2) is 30.3 Å². The summed E-state index contributed by atoms with van der Waals surface area (Å²) in [6, 6.07) is 12.7. The van der Waals surface area contributed by atoms with Crippen LogP contribution in [0.5, 0.6) is 0 Å². The lowest BCUT2D eigenvalue weighted by Crippen LogP contribution is -2.26. The average Bonchev–Trinajstić information content (AvgIpc) is 2.97. The fourth-order valence-corrected chi connectivity index (χ4v) is 4.53. The molecule has 2 rings (SSSR count). The molecule has 0 saturated heterocycles. The molecule has 4 nitrogen and oxygen atoms in total. The molecule has 0 atom stereocenters. The standard InChI is InChI=1S/C23H31N3OS/c1-6-19(7-2)21(27)25-22-20(13-24)17(5)23(28-22)26(14-16(3)4)15-18-11-9-8-10-12-18/h8-12,16,19H,6-7,14-15H2,1-5H3,(H,25,27). The maximum Gasteiger partial charge on any atom is 0.228 e. The summed E-state index contributed by atoms with van der Waals surface area (Å²) in [7, 11) is 0. The van der Waals surface area contributed by atoms with Crippen molar-refractivity contribution in [3.63, 3.8) is 0 Å². The molecule has 0 aliphatic rings. The van der Waals surface area contributed by atoms with Gasteiger partial charge in [0, 0.05) is 24.6 Å². The second-order valence-corrected chi connectivity index (χ2v) is 8.61. The van der Waals surface area contributed by atoms with Crippen LogP contribution < -0.4 is 10.2 Å². The number of hydrogen-bond donors (Lipinski definition) is 1. The molecule has 1 N–H and O–H groups in total. The van der Waals surface area contributed by atoms with Crippen LogP contribution in [0.25, 0.3) is 0 Å². The highest BCUT2D eigenvalue weighted by molar-refractivity contribution is 7.20. The Morgan fingerprint density at radius 3 is 2.39 bits per heavy atom. The first kappa shape index (κ1) is 22.0. The molecule has 0 spiro atoms. The summed E-state index contributed by atoms with van der Waals surface area (Å²) in [5, 5.41) is 14.5. The lowest BCUT2D eigenvalue weighted by atomic mass is 10.0. The molecule has 2 aromatic rings. The Morgan fingerprint density at radius 2 is 1.86 bits per heavy atom. The number of hydrogen-bond acceptors (Lipinski definition) is 4. The van der Waals surface area contributed by atoms with E-state index in [2.05, 4.69) is 42.3 Å². The number of nitrogens with zero attached hydrogens (tertiary/aromatic N) is 2. The van der Waals surface area contributed by atoms with Gasteiger partial charge in [0.25, 0.3) is 0 Å². The van der Waals surface area contributed by atoms with Crippen LogP contribution in [-0.2, 0) is 11.3 Å². The Morgan fingerprint density at radius 1 is 1.21 bits per heavy atom. The smallest absolute Gasteiger partial charge is 0.228 e. The van der Waals surface area contributed by atoms with Crippen LogP contribution in [0.3, 0.4) is 0 Å². The van der Waals surface area contributed by atoms with Gasteiger partial charge in [-0.15, -0.1) is 0 Å². The Labute approximate surface area is 173 Å². The van der Waals surface area contributed by atoms with Crippen molar-refractivity contribution >= 4 is 27.2 Å². The summed E-state index contributed by atoms with van der Waals surface area (Å²) in [5.74, 6) is 0.472. The van der Waals surface area contributed by atoms with E-state index in [-0.39, 0.29) is 11.8 Å². The first-order valence-corrected chi connectivity index (χ1v) is 10.9. The van der Waals surface area contributed by atoms with Crippen molar-refractivity contribution in [2.75, 3.05) is 16.8 Å². The van der Waals surface area contributed by atoms with Crippen LogP contribution in [0.2, 0.25) is 0 Å².